The van der Waals surface area contributed by atoms with E-state index >= 15 is 0 Å². The van der Waals surface area contributed by atoms with E-state index in [-0.39, 0.29) is 24.7 Å². The topological polar surface area (TPSA) is 53.8 Å². The third kappa shape index (κ3) is 4.73. The lowest BCUT2D eigenvalue weighted by Crippen LogP contribution is -2.48. The molecule has 0 bridgehead atoms. The summed E-state index contributed by atoms with van der Waals surface area (Å²) in [6.45, 7) is 6.22. The van der Waals surface area contributed by atoms with Crippen LogP contribution in [0.25, 0.3) is 5.65 Å². The summed E-state index contributed by atoms with van der Waals surface area (Å²) in [5.41, 5.74) is 0.133. The number of hydrogen-bond acceptors (Lipinski definition) is 5. The first-order valence-corrected chi connectivity index (χ1v) is 10.4. The molecule has 0 aromatic carbocycles. The zero-order valence-electron chi connectivity index (χ0n) is 19.1. The molecule has 1 unspecified atom stereocenters. The lowest BCUT2D eigenvalue weighted by Gasteiger charge is -2.36. The van der Waals surface area contributed by atoms with Crippen LogP contribution in [0.2, 0.25) is 0 Å². The third-order valence-electron chi connectivity index (χ3n) is 5.78. The molecule has 2 aliphatic rings. The number of hydrogen-bond donors (Lipinski definition) is 2. The fourth-order valence-corrected chi connectivity index (χ4v) is 4.17. The summed E-state index contributed by atoms with van der Waals surface area (Å²) >= 11 is 0. The number of rotatable bonds is 5. The van der Waals surface area contributed by atoms with Gasteiger partial charge in [0.2, 0.25) is 0 Å². The molecule has 0 saturated carbocycles. The van der Waals surface area contributed by atoms with Crippen molar-refractivity contribution in [1.29, 1.82) is 0 Å². The molecule has 9 heteroatoms. The molecule has 2 fully saturated rings. The molecule has 2 aromatic heterocycles. The normalized spacial score (nSPS) is 25.0. The minimum absolute atomic E-state index is 0.0302. The minimum atomic E-state index is -4.52. The second-order valence-corrected chi connectivity index (χ2v) is 8.17. The first-order valence-electron chi connectivity index (χ1n) is 11.6. The van der Waals surface area contributed by atoms with E-state index < -0.39 is 17.6 Å². The lowest BCUT2D eigenvalue weighted by molar-refractivity contribution is -0.137. The maximum Gasteiger partial charge on any atom is 0.417 e. The zero-order valence-corrected chi connectivity index (χ0v) is 17.1. The Morgan fingerprint density at radius 1 is 1.43 bits per heavy atom. The first-order chi connectivity index (χ1) is 15.2. The highest BCUT2D eigenvalue weighted by molar-refractivity contribution is 5.69. The molecule has 0 amide bonds. The van der Waals surface area contributed by atoms with E-state index in [0.717, 1.165) is 64.4 Å². The van der Waals surface area contributed by atoms with E-state index in [1.807, 2.05) is 0 Å². The van der Waals surface area contributed by atoms with E-state index in [0.29, 0.717) is 11.3 Å². The average Bonchev–Trinajstić information content (AvgIpc) is 3.21. The van der Waals surface area contributed by atoms with Crippen LogP contribution in [0.15, 0.2) is 18.5 Å². The molecule has 2 atom stereocenters. The number of pyridine rings is 1. The standard InChI is InChI=1S/C21H30F3N5O/c1-14(2)19-11-26-20-18(9-15(12-29(19)20)21(22,23)24)27-16-3-6-28(7-4-16)13-17-10-25-5-8-30-17/h9,11-12,14,16-17,25,27H,3-8,10,13H2,1-2H3/t17-/m0/s1/i1D,14D/t14?,17-. The Labute approximate surface area is 177 Å². The smallest absolute Gasteiger partial charge is 0.379 e. The minimum Gasteiger partial charge on any atom is -0.379 e. The number of fused-ring (bicyclic) bond motifs is 1. The van der Waals surface area contributed by atoms with Crippen LogP contribution in [-0.4, -0.2) is 65.8 Å². The molecular weight excluding hydrogens is 395 g/mol. The monoisotopic (exact) mass is 427 g/mol. The van der Waals surface area contributed by atoms with Gasteiger partial charge in [0, 0.05) is 59.6 Å². The number of nitrogens with one attached hydrogen (secondary N) is 2. The molecule has 2 aromatic rings. The van der Waals surface area contributed by atoms with Gasteiger partial charge < -0.3 is 24.7 Å². The van der Waals surface area contributed by atoms with Gasteiger partial charge in [-0.1, -0.05) is 13.8 Å². The van der Waals surface area contributed by atoms with Crippen LogP contribution in [0.4, 0.5) is 18.9 Å². The van der Waals surface area contributed by atoms with Crippen molar-refractivity contribution in [1.82, 2.24) is 19.6 Å². The number of anilines is 1. The van der Waals surface area contributed by atoms with Crippen LogP contribution < -0.4 is 10.6 Å². The van der Waals surface area contributed by atoms with Crippen molar-refractivity contribution >= 4 is 11.3 Å². The van der Waals surface area contributed by atoms with Crippen LogP contribution >= 0.6 is 0 Å². The summed E-state index contributed by atoms with van der Waals surface area (Å²) in [6.07, 6.45) is -0.355. The second kappa shape index (κ2) is 8.72. The van der Waals surface area contributed by atoms with Crippen LogP contribution in [0.5, 0.6) is 0 Å². The predicted molar refractivity (Wildman–Crippen MR) is 110 cm³/mol. The fourth-order valence-electron chi connectivity index (χ4n) is 4.17. The SMILES string of the molecule is [2H]CC([2H])(C)c1cnc2c(NC3CCN(C[C@@H]4CNCCO4)CC3)cc(C(F)(F)F)cn12. The van der Waals surface area contributed by atoms with Crippen LogP contribution in [0, 0.1) is 0 Å². The molecule has 30 heavy (non-hydrogen) atoms. The van der Waals surface area contributed by atoms with Gasteiger partial charge in [0.15, 0.2) is 5.65 Å². The zero-order chi connectivity index (χ0) is 22.9. The first kappa shape index (κ1) is 18.9. The summed E-state index contributed by atoms with van der Waals surface area (Å²) in [6, 6.07) is 1.13. The van der Waals surface area contributed by atoms with Crippen molar-refractivity contribution < 1.29 is 20.6 Å². The maximum atomic E-state index is 13.6. The number of ether oxygens (including phenoxy) is 1. The number of halogens is 3. The lowest BCUT2D eigenvalue weighted by atomic mass is 10.0. The van der Waals surface area contributed by atoms with Gasteiger partial charge in [-0.2, -0.15) is 13.2 Å². The molecule has 2 aliphatic heterocycles. The molecule has 0 radical (unpaired) electrons. The highest BCUT2D eigenvalue weighted by Crippen LogP contribution is 2.34. The van der Waals surface area contributed by atoms with Crippen LogP contribution in [0.1, 0.15) is 46.6 Å². The molecule has 2 N–H and O–H groups in total. The molecular formula is C21H30F3N5O. The summed E-state index contributed by atoms with van der Waals surface area (Å²) in [5, 5.41) is 6.61. The molecule has 0 spiro atoms. The van der Waals surface area contributed by atoms with E-state index in [2.05, 4.69) is 20.5 Å². The van der Waals surface area contributed by atoms with E-state index in [4.69, 9.17) is 7.48 Å². The Bertz CT molecular complexity index is 922. The third-order valence-corrected chi connectivity index (χ3v) is 5.78. The van der Waals surface area contributed by atoms with Gasteiger partial charge in [-0.25, -0.2) is 4.98 Å². The summed E-state index contributed by atoms with van der Waals surface area (Å²) in [4.78, 5) is 6.65. The Kier molecular flexibility index (Phi) is 5.49. The van der Waals surface area contributed by atoms with E-state index in [1.54, 1.807) is 0 Å². The molecule has 2 saturated heterocycles. The van der Waals surface area contributed by atoms with Crippen molar-refractivity contribution in [3.8, 4) is 0 Å². The number of morpholine rings is 1. The van der Waals surface area contributed by atoms with Gasteiger partial charge in [0.25, 0.3) is 0 Å². The number of piperidine rings is 1. The number of likely N-dealkylation sites (tertiary alicyclic amines) is 1. The molecule has 6 nitrogen and oxygen atoms in total. The Hall–Kier alpha value is -1.84. The van der Waals surface area contributed by atoms with Gasteiger partial charge in [-0.15, -0.1) is 0 Å². The predicted octanol–water partition coefficient (Wildman–Crippen LogP) is 3.34. The second-order valence-electron chi connectivity index (χ2n) is 8.17. The summed E-state index contributed by atoms with van der Waals surface area (Å²) in [5.74, 6) is -1.36. The Balaban J connectivity index is 1.51. The number of aromatic nitrogens is 2. The molecule has 166 valence electrons. The van der Waals surface area contributed by atoms with Crippen molar-refractivity contribution in [2.45, 2.75) is 50.9 Å². The van der Waals surface area contributed by atoms with Gasteiger partial charge in [-0.05, 0) is 24.8 Å². The Morgan fingerprint density at radius 2 is 2.23 bits per heavy atom. The highest BCUT2D eigenvalue weighted by atomic mass is 19.4. The molecule has 0 aliphatic carbocycles. The maximum absolute atomic E-state index is 13.6. The van der Waals surface area contributed by atoms with Crippen molar-refractivity contribution in [3.63, 3.8) is 0 Å². The van der Waals surface area contributed by atoms with Gasteiger partial charge >= 0.3 is 6.18 Å². The highest BCUT2D eigenvalue weighted by Gasteiger charge is 2.33. The summed E-state index contributed by atoms with van der Waals surface area (Å²) < 4.78 is 63.8. The van der Waals surface area contributed by atoms with Crippen molar-refractivity contribution in [3.05, 3.63) is 29.7 Å². The fraction of sp³-hybridized carbons (Fsp3) is 0.667. The molecule has 4 rings (SSSR count). The van der Waals surface area contributed by atoms with Gasteiger partial charge in [0.05, 0.1) is 24.0 Å². The van der Waals surface area contributed by atoms with Crippen molar-refractivity contribution in [2.24, 2.45) is 0 Å². The molecule has 4 heterocycles. The number of nitrogens with zero attached hydrogens (tertiary/aromatic N) is 3. The van der Waals surface area contributed by atoms with E-state index in [1.165, 1.54) is 17.5 Å². The largest absolute Gasteiger partial charge is 0.417 e. The van der Waals surface area contributed by atoms with Gasteiger partial charge in [0.1, 0.15) is 0 Å². The van der Waals surface area contributed by atoms with E-state index in [9.17, 15) is 13.2 Å². The average molecular weight is 428 g/mol. The van der Waals surface area contributed by atoms with Crippen molar-refractivity contribution in [2.75, 3.05) is 44.6 Å². The number of imidazole rings is 1. The summed E-state index contributed by atoms with van der Waals surface area (Å²) in [7, 11) is 0. The van der Waals surface area contributed by atoms with Crippen LogP contribution in [0.3, 0.4) is 0 Å². The Morgan fingerprint density at radius 3 is 2.90 bits per heavy atom. The van der Waals surface area contributed by atoms with Crippen LogP contribution in [-0.2, 0) is 10.9 Å². The number of alkyl halides is 3. The quantitative estimate of drug-likeness (QED) is 0.767. The van der Waals surface area contributed by atoms with Gasteiger partial charge in [-0.3, -0.25) is 0 Å².